The summed E-state index contributed by atoms with van der Waals surface area (Å²) in [4.78, 5) is 16.3. The van der Waals surface area contributed by atoms with E-state index in [1.54, 1.807) is 19.4 Å². The Hall–Kier alpha value is -2.27. The summed E-state index contributed by atoms with van der Waals surface area (Å²) in [6.07, 6.45) is 4.75. The molecule has 2 N–H and O–H groups in total. The molecule has 0 radical (unpaired) electrons. The van der Waals surface area contributed by atoms with E-state index in [0.717, 1.165) is 30.5 Å². The van der Waals surface area contributed by atoms with Crippen molar-refractivity contribution in [2.24, 2.45) is 5.92 Å². The van der Waals surface area contributed by atoms with E-state index in [1.807, 2.05) is 25.1 Å². The minimum atomic E-state index is 0.0822. The van der Waals surface area contributed by atoms with Crippen LogP contribution in [0.1, 0.15) is 24.8 Å². The highest BCUT2D eigenvalue weighted by Gasteiger charge is 2.25. The third-order valence-electron chi connectivity index (χ3n) is 4.25. The van der Waals surface area contributed by atoms with Crippen molar-refractivity contribution in [1.82, 2.24) is 4.98 Å². The average Bonchev–Trinajstić information content (AvgIpc) is 2.51. The monoisotopic (exact) mass is 345 g/mol. The lowest BCUT2D eigenvalue weighted by Crippen LogP contribution is -2.28. The van der Waals surface area contributed by atoms with E-state index in [-0.39, 0.29) is 11.8 Å². The molecule has 5 nitrogen and oxygen atoms in total. The van der Waals surface area contributed by atoms with Crippen molar-refractivity contribution in [2.75, 3.05) is 17.7 Å². The largest absolute Gasteiger partial charge is 0.495 e. The number of anilines is 3. The number of hydrogen-bond donors (Lipinski definition) is 2. The van der Waals surface area contributed by atoms with E-state index in [9.17, 15) is 4.79 Å². The molecule has 0 atom stereocenters. The van der Waals surface area contributed by atoms with Gasteiger partial charge >= 0.3 is 0 Å². The van der Waals surface area contributed by atoms with Crippen LogP contribution in [-0.4, -0.2) is 18.0 Å². The molecule has 1 fully saturated rings. The van der Waals surface area contributed by atoms with Crippen molar-refractivity contribution in [1.29, 1.82) is 0 Å². The number of halogens is 1. The van der Waals surface area contributed by atoms with Gasteiger partial charge in [-0.05, 0) is 43.5 Å². The lowest BCUT2D eigenvalue weighted by atomic mass is 9.85. The van der Waals surface area contributed by atoms with E-state index in [0.29, 0.717) is 22.3 Å². The minimum absolute atomic E-state index is 0.0822. The van der Waals surface area contributed by atoms with Gasteiger partial charge in [-0.1, -0.05) is 18.0 Å². The lowest BCUT2D eigenvalue weighted by Gasteiger charge is -2.23. The van der Waals surface area contributed by atoms with Crippen molar-refractivity contribution in [3.8, 4) is 5.75 Å². The Balaban J connectivity index is 1.70. The topological polar surface area (TPSA) is 63.2 Å². The summed E-state index contributed by atoms with van der Waals surface area (Å²) in [5.74, 6) is 1.55. The normalized spacial score (nSPS) is 14.0. The molecule has 126 valence electrons. The maximum atomic E-state index is 11.9. The van der Waals surface area contributed by atoms with E-state index >= 15 is 0 Å². The molecule has 0 saturated heterocycles. The van der Waals surface area contributed by atoms with Crippen molar-refractivity contribution in [2.45, 2.75) is 26.2 Å². The highest BCUT2D eigenvalue weighted by Crippen LogP contribution is 2.33. The number of carbonyl (C=O) groups is 1. The highest BCUT2D eigenvalue weighted by atomic mass is 35.5. The molecule has 1 saturated carbocycles. The molecule has 2 aromatic rings. The highest BCUT2D eigenvalue weighted by molar-refractivity contribution is 6.31. The molecule has 0 spiro atoms. The summed E-state index contributed by atoms with van der Waals surface area (Å²) < 4.78 is 5.34. The van der Waals surface area contributed by atoms with E-state index in [2.05, 4.69) is 15.6 Å². The van der Waals surface area contributed by atoms with Gasteiger partial charge in [-0.2, -0.15) is 0 Å². The van der Waals surface area contributed by atoms with Crippen LogP contribution in [0.2, 0.25) is 5.02 Å². The van der Waals surface area contributed by atoms with Crippen LogP contribution in [0.15, 0.2) is 30.5 Å². The predicted octanol–water partition coefficient (Wildman–Crippen LogP) is 4.53. The molecule has 0 bridgehead atoms. The number of carbonyl (C=O) groups excluding carboxylic acids is 1. The Morgan fingerprint density at radius 1 is 1.33 bits per heavy atom. The van der Waals surface area contributed by atoms with E-state index in [4.69, 9.17) is 16.3 Å². The van der Waals surface area contributed by atoms with Crippen LogP contribution >= 0.6 is 11.6 Å². The number of methoxy groups -OCH3 is 1. The molecule has 3 rings (SSSR count). The van der Waals surface area contributed by atoms with Gasteiger partial charge in [-0.15, -0.1) is 0 Å². The summed E-state index contributed by atoms with van der Waals surface area (Å²) in [7, 11) is 1.60. The zero-order valence-electron chi connectivity index (χ0n) is 13.7. The van der Waals surface area contributed by atoms with Gasteiger partial charge in [0.2, 0.25) is 5.91 Å². The molecule has 0 unspecified atom stereocenters. The maximum Gasteiger partial charge on any atom is 0.227 e. The van der Waals surface area contributed by atoms with Crippen LogP contribution in [0.3, 0.4) is 0 Å². The van der Waals surface area contributed by atoms with Crippen LogP contribution in [0.25, 0.3) is 0 Å². The Bertz CT molecular complexity index is 743. The summed E-state index contributed by atoms with van der Waals surface area (Å²) in [6, 6.07) is 7.34. The fourth-order valence-corrected chi connectivity index (χ4v) is 2.68. The van der Waals surface area contributed by atoms with Crippen LogP contribution in [0, 0.1) is 12.8 Å². The molecule has 1 aliphatic rings. The number of nitrogens with one attached hydrogen (secondary N) is 2. The number of pyridine rings is 1. The number of hydrogen-bond acceptors (Lipinski definition) is 4. The molecular weight excluding hydrogens is 326 g/mol. The molecule has 1 heterocycles. The summed E-state index contributed by atoms with van der Waals surface area (Å²) in [5, 5.41) is 6.76. The molecule has 0 aliphatic heterocycles. The standard InChI is InChI=1S/C18H20ClN3O2/c1-11-8-15(16(24-2)9-14(11)19)22-17-7-6-13(10-20-17)21-18(23)12-4-3-5-12/h6-10,12H,3-5H2,1-2H3,(H,20,22)(H,21,23). The van der Waals surface area contributed by atoms with Crippen molar-refractivity contribution in [3.05, 3.63) is 41.0 Å². The number of amides is 1. The molecule has 1 aromatic carbocycles. The first-order chi connectivity index (χ1) is 11.6. The minimum Gasteiger partial charge on any atom is -0.495 e. The Labute approximate surface area is 146 Å². The van der Waals surface area contributed by atoms with Crippen LogP contribution in [0.4, 0.5) is 17.2 Å². The zero-order valence-corrected chi connectivity index (χ0v) is 14.5. The molecule has 1 aromatic heterocycles. The van der Waals surface area contributed by atoms with Crippen LogP contribution in [-0.2, 0) is 4.79 Å². The fourth-order valence-electron chi connectivity index (χ4n) is 2.52. The number of rotatable bonds is 5. The van der Waals surface area contributed by atoms with Crippen LogP contribution < -0.4 is 15.4 Å². The van der Waals surface area contributed by atoms with E-state index < -0.39 is 0 Å². The van der Waals surface area contributed by atoms with Crippen molar-refractivity contribution in [3.63, 3.8) is 0 Å². The Morgan fingerprint density at radius 2 is 2.12 bits per heavy atom. The second kappa shape index (κ2) is 7.09. The number of aryl methyl sites for hydroxylation is 1. The quantitative estimate of drug-likeness (QED) is 0.835. The first kappa shape index (κ1) is 16.6. The van der Waals surface area contributed by atoms with Gasteiger partial charge in [0.15, 0.2) is 0 Å². The number of aromatic nitrogens is 1. The second-order valence-electron chi connectivity index (χ2n) is 5.98. The maximum absolute atomic E-state index is 11.9. The number of nitrogens with zero attached hydrogens (tertiary/aromatic N) is 1. The van der Waals surface area contributed by atoms with E-state index in [1.165, 1.54) is 0 Å². The summed E-state index contributed by atoms with van der Waals surface area (Å²) in [6.45, 7) is 1.93. The van der Waals surface area contributed by atoms with Crippen LogP contribution in [0.5, 0.6) is 5.75 Å². The third-order valence-corrected chi connectivity index (χ3v) is 4.66. The van der Waals surface area contributed by atoms with Gasteiger partial charge in [0.25, 0.3) is 0 Å². The third kappa shape index (κ3) is 3.62. The van der Waals surface area contributed by atoms with Gasteiger partial charge in [0.1, 0.15) is 11.6 Å². The van der Waals surface area contributed by atoms with Gasteiger partial charge in [0.05, 0.1) is 24.7 Å². The van der Waals surface area contributed by atoms with Gasteiger partial charge < -0.3 is 15.4 Å². The molecule has 24 heavy (non-hydrogen) atoms. The van der Waals surface area contributed by atoms with Crippen molar-refractivity contribution >= 4 is 34.7 Å². The first-order valence-corrected chi connectivity index (χ1v) is 8.32. The Kier molecular flexibility index (Phi) is 4.90. The predicted molar refractivity (Wildman–Crippen MR) is 96.2 cm³/mol. The molecular formula is C18H20ClN3O2. The fraction of sp³-hybridized carbons (Fsp3) is 0.333. The number of ether oxygens (including phenoxy) is 1. The second-order valence-corrected chi connectivity index (χ2v) is 6.38. The molecule has 6 heteroatoms. The zero-order chi connectivity index (χ0) is 17.1. The Morgan fingerprint density at radius 3 is 2.71 bits per heavy atom. The first-order valence-electron chi connectivity index (χ1n) is 7.95. The van der Waals surface area contributed by atoms with Gasteiger partial charge in [-0.25, -0.2) is 4.98 Å². The lowest BCUT2D eigenvalue weighted by molar-refractivity contribution is -0.122. The van der Waals surface area contributed by atoms with Crippen molar-refractivity contribution < 1.29 is 9.53 Å². The number of benzene rings is 1. The summed E-state index contributed by atoms with van der Waals surface area (Å²) in [5.41, 5.74) is 2.44. The van der Waals surface area contributed by atoms with Gasteiger partial charge in [0, 0.05) is 17.0 Å². The van der Waals surface area contributed by atoms with Gasteiger partial charge in [-0.3, -0.25) is 4.79 Å². The SMILES string of the molecule is COc1cc(Cl)c(C)cc1Nc1ccc(NC(=O)C2CCC2)cn1. The average molecular weight is 346 g/mol. The molecule has 1 aliphatic carbocycles. The molecule has 1 amide bonds. The smallest absolute Gasteiger partial charge is 0.227 e. The summed E-state index contributed by atoms with van der Waals surface area (Å²) >= 11 is 6.12.